The average Bonchev–Trinajstić information content (AvgIpc) is 2.89. The SMILES string of the molecule is O=C(O)C[C@H]1C[C@H]2CC(CC3CC3)=CC21. The van der Waals surface area contributed by atoms with Crippen LogP contribution in [0, 0.1) is 23.7 Å². The van der Waals surface area contributed by atoms with E-state index in [0.717, 1.165) is 18.3 Å². The molecule has 0 spiro atoms. The Morgan fingerprint density at radius 2 is 2.27 bits per heavy atom. The molecular formula is C13H18O2. The first-order valence-electron chi connectivity index (χ1n) is 6.13. The van der Waals surface area contributed by atoms with Crippen LogP contribution < -0.4 is 0 Å². The molecule has 82 valence electrons. The summed E-state index contributed by atoms with van der Waals surface area (Å²) in [6.45, 7) is 0. The second kappa shape index (κ2) is 3.36. The van der Waals surface area contributed by atoms with E-state index in [1.165, 1.54) is 25.7 Å². The van der Waals surface area contributed by atoms with Gasteiger partial charge in [0.05, 0.1) is 0 Å². The van der Waals surface area contributed by atoms with E-state index in [0.29, 0.717) is 18.3 Å². The van der Waals surface area contributed by atoms with Crippen molar-refractivity contribution in [3.8, 4) is 0 Å². The van der Waals surface area contributed by atoms with Gasteiger partial charge in [-0.1, -0.05) is 11.6 Å². The zero-order valence-electron chi connectivity index (χ0n) is 8.98. The molecule has 0 amide bonds. The highest BCUT2D eigenvalue weighted by Gasteiger charge is 2.44. The van der Waals surface area contributed by atoms with Gasteiger partial charge in [-0.2, -0.15) is 0 Å². The van der Waals surface area contributed by atoms with E-state index in [1.54, 1.807) is 5.57 Å². The maximum atomic E-state index is 10.6. The molecule has 3 aliphatic rings. The van der Waals surface area contributed by atoms with Gasteiger partial charge in [0, 0.05) is 6.42 Å². The Kier molecular flexibility index (Phi) is 2.11. The number of carbonyl (C=O) groups is 1. The van der Waals surface area contributed by atoms with E-state index in [4.69, 9.17) is 5.11 Å². The molecule has 0 saturated heterocycles. The fourth-order valence-electron chi connectivity index (χ4n) is 3.35. The van der Waals surface area contributed by atoms with Crippen molar-refractivity contribution in [2.75, 3.05) is 0 Å². The monoisotopic (exact) mass is 206 g/mol. The molecule has 2 nitrogen and oxygen atoms in total. The maximum absolute atomic E-state index is 10.6. The van der Waals surface area contributed by atoms with Crippen molar-refractivity contribution in [2.24, 2.45) is 23.7 Å². The topological polar surface area (TPSA) is 37.3 Å². The average molecular weight is 206 g/mol. The number of rotatable bonds is 4. The molecule has 0 bridgehead atoms. The summed E-state index contributed by atoms with van der Waals surface area (Å²) in [6.07, 6.45) is 9.39. The number of hydrogen-bond acceptors (Lipinski definition) is 1. The number of allylic oxidation sites excluding steroid dienone is 2. The van der Waals surface area contributed by atoms with E-state index < -0.39 is 5.97 Å². The lowest BCUT2D eigenvalue weighted by molar-refractivity contribution is -0.139. The van der Waals surface area contributed by atoms with Crippen molar-refractivity contribution in [3.05, 3.63) is 11.6 Å². The zero-order valence-corrected chi connectivity index (χ0v) is 8.98. The normalized spacial score (nSPS) is 38.1. The summed E-state index contributed by atoms with van der Waals surface area (Å²) in [5, 5.41) is 8.77. The molecule has 0 heterocycles. The predicted molar refractivity (Wildman–Crippen MR) is 57.4 cm³/mol. The third kappa shape index (κ3) is 1.82. The molecule has 15 heavy (non-hydrogen) atoms. The summed E-state index contributed by atoms with van der Waals surface area (Å²) in [6, 6.07) is 0. The van der Waals surface area contributed by atoms with E-state index in [2.05, 4.69) is 6.08 Å². The highest BCUT2D eigenvalue weighted by atomic mass is 16.4. The predicted octanol–water partition coefficient (Wildman–Crippen LogP) is 2.84. The molecule has 1 N–H and O–H groups in total. The Labute approximate surface area is 90.4 Å². The van der Waals surface area contributed by atoms with E-state index >= 15 is 0 Å². The molecule has 0 aliphatic heterocycles. The second-order valence-electron chi connectivity index (χ2n) is 5.61. The highest BCUT2D eigenvalue weighted by molar-refractivity contribution is 5.67. The van der Waals surface area contributed by atoms with Gasteiger partial charge in [-0.3, -0.25) is 4.79 Å². The van der Waals surface area contributed by atoms with Crippen LogP contribution >= 0.6 is 0 Å². The van der Waals surface area contributed by atoms with Gasteiger partial charge >= 0.3 is 5.97 Å². The lowest BCUT2D eigenvalue weighted by Gasteiger charge is -2.39. The molecule has 2 heteroatoms. The largest absolute Gasteiger partial charge is 0.481 e. The van der Waals surface area contributed by atoms with Gasteiger partial charge in [-0.25, -0.2) is 0 Å². The van der Waals surface area contributed by atoms with Crippen molar-refractivity contribution >= 4 is 5.97 Å². The number of fused-ring (bicyclic) bond motifs is 1. The second-order valence-corrected chi connectivity index (χ2v) is 5.61. The summed E-state index contributed by atoms with van der Waals surface area (Å²) in [5.41, 5.74) is 1.64. The summed E-state index contributed by atoms with van der Waals surface area (Å²) in [4.78, 5) is 10.6. The van der Waals surface area contributed by atoms with Crippen LogP contribution in [-0.4, -0.2) is 11.1 Å². The summed E-state index contributed by atoms with van der Waals surface area (Å²) >= 11 is 0. The smallest absolute Gasteiger partial charge is 0.303 e. The molecule has 3 aliphatic carbocycles. The Hall–Kier alpha value is -0.790. The molecule has 0 aromatic heterocycles. The minimum absolute atomic E-state index is 0.383. The number of hydrogen-bond donors (Lipinski definition) is 1. The van der Waals surface area contributed by atoms with Crippen molar-refractivity contribution < 1.29 is 9.90 Å². The molecular weight excluding hydrogens is 188 g/mol. The van der Waals surface area contributed by atoms with Gasteiger partial charge in [0.2, 0.25) is 0 Å². The quantitative estimate of drug-likeness (QED) is 0.718. The fourth-order valence-corrected chi connectivity index (χ4v) is 3.35. The molecule has 0 radical (unpaired) electrons. The first-order valence-corrected chi connectivity index (χ1v) is 6.13. The Balaban J connectivity index is 1.57. The minimum Gasteiger partial charge on any atom is -0.481 e. The number of carboxylic acids is 1. The summed E-state index contributed by atoms with van der Waals surface area (Å²) in [7, 11) is 0. The van der Waals surface area contributed by atoms with Crippen LogP contribution in [0.4, 0.5) is 0 Å². The third-order valence-electron chi connectivity index (χ3n) is 4.33. The molecule has 1 unspecified atom stereocenters. The Morgan fingerprint density at radius 1 is 1.47 bits per heavy atom. The number of carboxylic acid groups (broad SMARTS) is 1. The van der Waals surface area contributed by atoms with Gasteiger partial charge < -0.3 is 5.11 Å². The molecule has 0 aromatic rings. The van der Waals surface area contributed by atoms with Crippen molar-refractivity contribution in [3.63, 3.8) is 0 Å². The molecule has 0 aromatic carbocycles. The van der Waals surface area contributed by atoms with Crippen LogP contribution in [-0.2, 0) is 4.79 Å². The summed E-state index contributed by atoms with van der Waals surface area (Å²) < 4.78 is 0. The fraction of sp³-hybridized carbons (Fsp3) is 0.769. The Bertz CT molecular complexity index is 314. The van der Waals surface area contributed by atoms with Crippen LogP contribution in [0.3, 0.4) is 0 Å². The van der Waals surface area contributed by atoms with Gasteiger partial charge in [0.1, 0.15) is 0 Å². The first-order chi connectivity index (χ1) is 7.22. The van der Waals surface area contributed by atoms with Crippen LogP contribution in [0.5, 0.6) is 0 Å². The molecule has 3 atom stereocenters. The van der Waals surface area contributed by atoms with Crippen LogP contribution in [0.2, 0.25) is 0 Å². The van der Waals surface area contributed by atoms with E-state index in [9.17, 15) is 4.79 Å². The highest BCUT2D eigenvalue weighted by Crippen LogP contribution is 2.53. The molecule has 2 saturated carbocycles. The lowest BCUT2D eigenvalue weighted by atomic mass is 9.65. The third-order valence-corrected chi connectivity index (χ3v) is 4.33. The van der Waals surface area contributed by atoms with Gasteiger partial charge in [0.25, 0.3) is 0 Å². The van der Waals surface area contributed by atoms with Gasteiger partial charge in [-0.05, 0) is 55.8 Å². The van der Waals surface area contributed by atoms with Gasteiger partial charge in [0.15, 0.2) is 0 Å². The lowest BCUT2D eigenvalue weighted by Crippen LogP contribution is -2.34. The van der Waals surface area contributed by atoms with Crippen molar-refractivity contribution in [1.82, 2.24) is 0 Å². The van der Waals surface area contributed by atoms with E-state index in [1.807, 2.05) is 0 Å². The van der Waals surface area contributed by atoms with Crippen LogP contribution in [0.25, 0.3) is 0 Å². The van der Waals surface area contributed by atoms with Crippen LogP contribution in [0.15, 0.2) is 11.6 Å². The van der Waals surface area contributed by atoms with E-state index in [-0.39, 0.29) is 0 Å². The van der Waals surface area contributed by atoms with Gasteiger partial charge in [-0.15, -0.1) is 0 Å². The minimum atomic E-state index is -0.623. The van der Waals surface area contributed by atoms with Crippen molar-refractivity contribution in [2.45, 2.75) is 38.5 Å². The standard InChI is InChI=1S/C13H18O2/c14-13(15)7-11-6-10-4-9(5-12(10)11)3-8-1-2-8/h5,8,10-12H,1-4,6-7H2,(H,14,15)/t10-,11-,12?/m1/s1. The molecule has 3 rings (SSSR count). The number of aliphatic carboxylic acids is 1. The molecule has 2 fully saturated rings. The summed E-state index contributed by atoms with van der Waals surface area (Å²) in [5.74, 6) is 2.23. The van der Waals surface area contributed by atoms with Crippen molar-refractivity contribution in [1.29, 1.82) is 0 Å². The maximum Gasteiger partial charge on any atom is 0.303 e. The first kappa shape index (κ1) is 9.44. The van der Waals surface area contributed by atoms with Crippen LogP contribution in [0.1, 0.15) is 38.5 Å². The Morgan fingerprint density at radius 3 is 2.93 bits per heavy atom. The zero-order chi connectivity index (χ0) is 10.4.